The molecular formula is C16H18Cl2N2. The average Bonchev–Trinajstić information content (AvgIpc) is 2.46. The third kappa shape index (κ3) is 5.14. The van der Waals surface area contributed by atoms with Crippen LogP contribution in [0.1, 0.15) is 18.1 Å². The first-order valence-electron chi connectivity index (χ1n) is 6.59. The number of nitrogens with one attached hydrogen (secondary N) is 2. The highest BCUT2D eigenvalue weighted by Crippen LogP contribution is 2.10. The van der Waals surface area contributed by atoms with E-state index < -0.39 is 0 Å². The Kier molecular flexibility index (Phi) is 5.86. The highest BCUT2D eigenvalue weighted by molar-refractivity contribution is 6.30. The van der Waals surface area contributed by atoms with Gasteiger partial charge >= 0.3 is 0 Å². The molecule has 2 aromatic carbocycles. The van der Waals surface area contributed by atoms with Gasteiger partial charge < -0.3 is 0 Å². The van der Waals surface area contributed by atoms with Gasteiger partial charge in [0.15, 0.2) is 0 Å². The Balaban J connectivity index is 1.73. The molecule has 2 rings (SSSR count). The van der Waals surface area contributed by atoms with E-state index >= 15 is 0 Å². The van der Waals surface area contributed by atoms with Gasteiger partial charge in [-0.2, -0.15) is 0 Å². The van der Waals surface area contributed by atoms with Crippen LogP contribution in [-0.2, 0) is 13.1 Å². The van der Waals surface area contributed by atoms with Crippen LogP contribution in [0.15, 0.2) is 48.5 Å². The van der Waals surface area contributed by atoms with Gasteiger partial charge in [0.2, 0.25) is 0 Å². The van der Waals surface area contributed by atoms with E-state index in [4.69, 9.17) is 23.2 Å². The van der Waals surface area contributed by atoms with Crippen molar-refractivity contribution >= 4 is 23.2 Å². The Bertz CT molecular complexity index is 474. The summed E-state index contributed by atoms with van der Waals surface area (Å²) in [5.41, 5.74) is 2.43. The Morgan fingerprint density at radius 3 is 1.45 bits per heavy atom. The summed E-state index contributed by atoms with van der Waals surface area (Å²) < 4.78 is 0. The molecule has 0 aliphatic rings. The quantitative estimate of drug-likeness (QED) is 0.781. The number of halogens is 2. The van der Waals surface area contributed by atoms with E-state index in [1.54, 1.807) is 0 Å². The minimum Gasteiger partial charge on any atom is -0.298 e. The molecule has 2 aromatic rings. The van der Waals surface area contributed by atoms with Crippen molar-refractivity contribution < 1.29 is 0 Å². The standard InChI is InChI=1S/C16H18Cl2N2/c1-12(19-10-13-2-6-15(17)7-3-13)20-11-14-4-8-16(18)9-5-14/h2-9,12,19-20H,10-11H2,1H3. The largest absolute Gasteiger partial charge is 0.298 e. The predicted molar refractivity (Wildman–Crippen MR) is 86.0 cm³/mol. The molecule has 0 atom stereocenters. The van der Waals surface area contributed by atoms with Gasteiger partial charge in [-0.3, -0.25) is 10.6 Å². The Morgan fingerprint density at radius 2 is 1.10 bits per heavy atom. The average molecular weight is 309 g/mol. The molecule has 20 heavy (non-hydrogen) atoms. The summed E-state index contributed by atoms with van der Waals surface area (Å²) in [5, 5.41) is 8.37. The van der Waals surface area contributed by atoms with E-state index in [-0.39, 0.29) is 6.17 Å². The van der Waals surface area contributed by atoms with Crippen molar-refractivity contribution in [3.8, 4) is 0 Å². The van der Waals surface area contributed by atoms with Gasteiger partial charge in [0.1, 0.15) is 0 Å². The molecule has 0 unspecified atom stereocenters. The van der Waals surface area contributed by atoms with Crippen molar-refractivity contribution in [1.82, 2.24) is 10.6 Å². The van der Waals surface area contributed by atoms with Crippen LogP contribution in [0.25, 0.3) is 0 Å². The highest BCUT2D eigenvalue weighted by Gasteiger charge is 2.01. The normalized spacial score (nSPS) is 11.0. The van der Waals surface area contributed by atoms with Gasteiger partial charge in [0, 0.05) is 23.1 Å². The zero-order chi connectivity index (χ0) is 14.4. The van der Waals surface area contributed by atoms with Crippen LogP contribution in [0.3, 0.4) is 0 Å². The number of hydrogen-bond donors (Lipinski definition) is 2. The fourth-order valence-corrected chi connectivity index (χ4v) is 2.07. The fraction of sp³-hybridized carbons (Fsp3) is 0.250. The minimum atomic E-state index is 0.223. The van der Waals surface area contributed by atoms with Crippen LogP contribution in [0, 0.1) is 0 Å². The van der Waals surface area contributed by atoms with E-state index in [0.717, 1.165) is 23.1 Å². The molecule has 0 aliphatic heterocycles. The third-order valence-electron chi connectivity index (χ3n) is 3.05. The van der Waals surface area contributed by atoms with Gasteiger partial charge in [-0.05, 0) is 42.3 Å². The zero-order valence-electron chi connectivity index (χ0n) is 11.4. The molecule has 2 N–H and O–H groups in total. The first-order chi connectivity index (χ1) is 9.63. The van der Waals surface area contributed by atoms with E-state index in [9.17, 15) is 0 Å². The van der Waals surface area contributed by atoms with E-state index in [1.807, 2.05) is 48.5 Å². The topological polar surface area (TPSA) is 24.1 Å². The Hall–Kier alpha value is -1.06. The van der Waals surface area contributed by atoms with Gasteiger partial charge in [0.25, 0.3) is 0 Å². The molecule has 0 fully saturated rings. The molecule has 0 aromatic heterocycles. The first-order valence-corrected chi connectivity index (χ1v) is 7.35. The van der Waals surface area contributed by atoms with Crippen LogP contribution >= 0.6 is 23.2 Å². The van der Waals surface area contributed by atoms with Crippen LogP contribution in [0.4, 0.5) is 0 Å². The van der Waals surface area contributed by atoms with Crippen molar-refractivity contribution in [2.75, 3.05) is 0 Å². The molecule has 0 radical (unpaired) electrons. The van der Waals surface area contributed by atoms with Gasteiger partial charge in [-0.25, -0.2) is 0 Å². The molecule has 4 heteroatoms. The zero-order valence-corrected chi connectivity index (χ0v) is 12.9. The summed E-state index contributed by atoms with van der Waals surface area (Å²) in [5.74, 6) is 0. The first kappa shape index (κ1) is 15.3. The monoisotopic (exact) mass is 308 g/mol. The van der Waals surface area contributed by atoms with Crippen molar-refractivity contribution in [3.63, 3.8) is 0 Å². The molecule has 106 valence electrons. The van der Waals surface area contributed by atoms with E-state index in [0.29, 0.717) is 0 Å². The minimum absolute atomic E-state index is 0.223. The second kappa shape index (κ2) is 7.65. The molecule has 0 bridgehead atoms. The van der Waals surface area contributed by atoms with Gasteiger partial charge in [-0.1, -0.05) is 47.5 Å². The fourth-order valence-electron chi connectivity index (χ4n) is 1.82. The molecule has 0 aliphatic carbocycles. The summed E-state index contributed by atoms with van der Waals surface area (Å²) in [7, 11) is 0. The highest BCUT2D eigenvalue weighted by atomic mass is 35.5. The summed E-state index contributed by atoms with van der Waals surface area (Å²) in [6.07, 6.45) is 0.223. The molecule has 0 amide bonds. The number of hydrogen-bond acceptors (Lipinski definition) is 2. The van der Waals surface area contributed by atoms with Crippen LogP contribution in [0.5, 0.6) is 0 Å². The molecule has 0 heterocycles. The van der Waals surface area contributed by atoms with Crippen molar-refractivity contribution in [2.24, 2.45) is 0 Å². The summed E-state index contributed by atoms with van der Waals surface area (Å²) >= 11 is 11.7. The third-order valence-corrected chi connectivity index (χ3v) is 3.56. The molecule has 0 saturated heterocycles. The summed E-state index contributed by atoms with van der Waals surface area (Å²) in [4.78, 5) is 0. The van der Waals surface area contributed by atoms with Gasteiger partial charge in [0.05, 0.1) is 6.17 Å². The van der Waals surface area contributed by atoms with Crippen molar-refractivity contribution in [3.05, 3.63) is 69.7 Å². The van der Waals surface area contributed by atoms with Crippen molar-refractivity contribution in [1.29, 1.82) is 0 Å². The van der Waals surface area contributed by atoms with Crippen LogP contribution in [-0.4, -0.2) is 6.17 Å². The Morgan fingerprint density at radius 1 is 0.750 bits per heavy atom. The smallest absolute Gasteiger partial charge is 0.0547 e. The molecule has 0 spiro atoms. The van der Waals surface area contributed by atoms with E-state index in [1.165, 1.54) is 11.1 Å². The molecular weight excluding hydrogens is 291 g/mol. The number of benzene rings is 2. The van der Waals surface area contributed by atoms with E-state index in [2.05, 4.69) is 17.6 Å². The molecule has 2 nitrogen and oxygen atoms in total. The predicted octanol–water partition coefficient (Wildman–Crippen LogP) is 4.22. The molecule has 0 saturated carbocycles. The van der Waals surface area contributed by atoms with Crippen molar-refractivity contribution in [2.45, 2.75) is 26.2 Å². The summed E-state index contributed by atoms with van der Waals surface area (Å²) in [6, 6.07) is 15.7. The Labute approximate surface area is 130 Å². The van der Waals surface area contributed by atoms with Crippen LogP contribution in [0.2, 0.25) is 10.0 Å². The summed E-state index contributed by atoms with van der Waals surface area (Å²) in [6.45, 7) is 3.73. The second-order valence-electron chi connectivity index (χ2n) is 4.74. The lowest BCUT2D eigenvalue weighted by atomic mass is 10.2. The van der Waals surface area contributed by atoms with Crippen LogP contribution < -0.4 is 10.6 Å². The second-order valence-corrected chi connectivity index (χ2v) is 5.61. The maximum Gasteiger partial charge on any atom is 0.0547 e. The lowest BCUT2D eigenvalue weighted by molar-refractivity contribution is 0.451. The SMILES string of the molecule is CC(NCc1ccc(Cl)cc1)NCc1ccc(Cl)cc1. The lowest BCUT2D eigenvalue weighted by Gasteiger charge is -2.16. The maximum atomic E-state index is 5.86. The number of rotatable bonds is 6. The maximum absolute atomic E-state index is 5.86. The van der Waals surface area contributed by atoms with Gasteiger partial charge in [-0.15, -0.1) is 0 Å². The lowest BCUT2D eigenvalue weighted by Crippen LogP contribution is -2.38.